The van der Waals surface area contributed by atoms with E-state index < -0.39 is 0 Å². The first kappa shape index (κ1) is 22.6. The fourth-order valence-electron chi connectivity index (χ4n) is 2.55. The fraction of sp³-hybridized carbons (Fsp3) is 0.571. The van der Waals surface area contributed by atoms with Gasteiger partial charge in [0.1, 0.15) is 0 Å². The average molecular weight is 478 g/mol. The Bertz CT molecular complexity index is 115. The molecule has 0 heterocycles. The molecule has 0 spiro atoms. The zero-order valence-electron chi connectivity index (χ0n) is 14.0. The third-order valence-electron chi connectivity index (χ3n) is 3.87. The molecule has 0 bridgehead atoms. The van der Waals surface area contributed by atoms with Gasteiger partial charge in [-0.3, -0.25) is 0 Å². The summed E-state index contributed by atoms with van der Waals surface area (Å²) in [6.45, 7) is 0. The zero-order valence-corrected chi connectivity index (χ0v) is 16.4. The van der Waals surface area contributed by atoms with Crippen LogP contribution in [0.1, 0.15) is 77.0 Å². The summed E-state index contributed by atoms with van der Waals surface area (Å²) in [7, 11) is 0. The fourth-order valence-corrected chi connectivity index (χ4v) is 2.55. The molecule has 126 valence electrons. The van der Waals surface area contributed by atoms with Gasteiger partial charge in [-0.15, -0.1) is 0 Å². The molecule has 3 rings (SSSR count). The van der Waals surface area contributed by atoms with Gasteiger partial charge in [0.05, 0.1) is 0 Å². The third-order valence-corrected chi connectivity index (χ3v) is 3.87. The summed E-state index contributed by atoms with van der Waals surface area (Å²) in [6, 6.07) is 0. The molecule has 10 radical (unpaired) electrons. The molecular weight excluding hydrogens is 444 g/mol. The van der Waals surface area contributed by atoms with E-state index in [4.69, 9.17) is 0 Å². The van der Waals surface area contributed by atoms with E-state index in [1.54, 1.807) is 0 Å². The molecule has 0 aromatic heterocycles. The Labute approximate surface area is 155 Å². The van der Waals surface area contributed by atoms with Crippen molar-refractivity contribution in [2.45, 2.75) is 77.0 Å². The Kier molecular flexibility index (Phi) is 20.3. The molecule has 0 atom stereocenters. The minimum absolute atomic E-state index is 0. The van der Waals surface area contributed by atoms with E-state index in [1.165, 1.54) is 77.0 Å². The van der Waals surface area contributed by atoms with Crippen molar-refractivity contribution >= 4 is 0 Å². The predicted molar refractivity (Wildman–Crippen MR) is 94.1 cm³/mol. The van der Waals surface area contributed by atoms with Crippen LogP contribution in [0.25, 0.3) is 0 Å². The van der Waals surface area contributed by atoms with Gasteiger partial charge in [-0.1, -0.05) is 51.4 Å². The maximum atomic E-state index is 2.32. The Morgan fingerprint density at radius 3 is 0.773 bits per heavy atom. The number of rotatable bonds is 0. The second-order valence-electron chi connectivity index (χ2n) is 5.89. The summed E-state index contributed by atoms with van der Waals surface area (Å²) in [5.41, 5.74) is 0. The summed E-state index contributed by atoms with van der Waals surface area (Å²) in [5.74, 6) is 0. The molecule has 3 fully saturated rings. The van der Waals surface area contributed by atoms with Gasteiger partial charge in [0, 0.05) is 20.1 Å². The van der Waals surface area contributed by atoms with Crippen LogP contribution in [0.4, 0.5) is 0 Å². The Morgan fingerprint density at radius 1 is 0.318 bits per heavy atom. The summed E-state index contributed by atoms with van der Waals surface area (Å²) in [5, 5.41) is 0. The first-order chi connectivity index (χ1) is 10.5. The summed E-state index contributed by atoms with van der Waals surface area (Å²) >= 11 is 0. The normalized spacial score (nSPS) is 22.9. The Morgan fingerprint density at radius 2 is 0.545 bits per heavy atom. The van der Waals surface area contributed by atoms with Crippen LogP contribution in [0.15, 0.2) is 0 Å². The molecular formula is C21H33Ir. The first-order valence-electron chi connectivity index (χ1n) is 8.97. The standard InChI is InChI=1S/2C8H14.C5H5.Ir/c2*1-2-4-6-8-7-5-3-1;1-2-4-5-3-1;/h2*1-2H,3-8H2;1-5H;. The third kappa shape index (κ3) is 17.0. The van der Waals surface area contributed by atoms with Gasteiger partial charge in [-0.05, 0) is 83.5 Å². The van der Waals surface area contributed by atoms with E-state index in [0.29, 0.717) is 0 Å². The smallest absolute Gasteiger partial charge is 0 e. The molecule has 22 heavy (non-hydrogen) atoms. The minimum Gasteiger partial charge on any atom is -0.0533 e. The predicted octanol–water partition coefficient (Wildman–Crippen LogP) is 6.52. The van der Waals surface area contributed by atoms with Crippen LogP contribution < -0.4 is 0 Å². The SMILES string of the molecule is [CH]1[CH]CCCCCC1.[CH]1[CH]CCCCCC1.[CH]1[CH][CH][CH][CH]1.[Ir]. The first-order valence-corrected chi connectivity index (χ1v) is 8.97. The van der Waals surface area contributed by atoms with Crippen molar-refractivity contribution in [3.8, 4) is 0 Å². The minimum atomic E-state index is 0. The van der Waals surface area contributed by atoms with E-state index in [1.807, 2.05) is 32.1 Å². The average Bonchev–Trinajstić information content (AvgIpc) is 2.96. The van der Waals surface area contributed by atoms with Crippen molar-refractivity contribution < 1.29 is 20.1 Å². The van der Waals surface area contributed by atoms with Crippen molar-refractivity contribution in [2.24, 2.45) is 0 Å². The maximum absolute atomic E-state index is 2.32. The second-order valence-corrected chi connectivity index (χ2v) is 5.89. The van der Waals surface area contributed by atoms with Crippen molar-refractivity contribution in [1.82, 2.24) is 0 Å². The van der Waals surface area contributed by atoms with Crippen molar-refractivity contribution in [3.05, 3.63) is 57.8 Å². The van der Waals surface area contributed by atoms with Crippen LogP contribution in [0.3, 0.4) is 0 Å². The van der Waals surface area contributed by atoms with Crippen LogP contribution in [-0.2, 0) is 20.1 Å². The molecule has 0 N–H and O–H groups in total. The molecule has 3 aliphatic carbocycles. The molecule has 0 nitrogen and oxygen atoms in total. The molecule has 1 heteroatoms. The second kappa shape index (κ2) is 19.7. The molecule has 0 saturated heterocycles. The molecule has 0 aromatic rings. The van der Waals surface area contributed by atoms with Crippen LogP contribution in [0.2, 0.25) is 0 Å². The molecule has 0 aliphatic heterocycles. The molecule has 3 saturated carbocycles. The number of hydrogen-bond donors (Lipinski definition) is 0. The number of hydrogen-bond acceptors (Lipinski definition) is 0. The van der Waals surface area contributed by atoms with Crippen molar-refractivity contribution in [1.29, 1.82) is 0 Å². The van der Waals surface area contributed by atoms with Gasteiger partial charge in [0.25, 0.3) is 0 Å². The van der Waals surface area contributed by atoms with E-state index in [0.717, 1.165) is 0 Å². The van der Waals surface area contributed by atoms with Crippen molar-refractivity contribution in [3.63, 3.8) is 0 Å². The van der Waals surface area contributed by atoms with Gasteiger partial charge in [0.15, 0.2) is 0 Å². The molecule has 3 aliphatic rings. The van der Waals surface area contributed by atoms with Crippen molar-refractivity contribution in [2.75, 3.05) is 0 Å². The van der Waals surface area contributed by atoms with Crippen LogP contribution in [0, 0.1) is 57.8 Å². The van der Waals surface area contributed by atoms with Gasteiger partial charge in [0.2, 0.25) is 0 Å². The summed E-state index contributed by atoms with van der Waals surface area (Å²) in [4.78, 5) is 0. The van der Waals surface area contributed by atoms with E-state index in [9.17, 15) is 0 Å². The largest absolute Gasteiger partial charge is 0.0533 e. The monoisotopic (exact) mass is 478 g/mol. The van der Waals surface area contributed by atoms with Crippen LogP contribution in [-0.4, -0.2) is 0 Å². The van der Waals surface area contributed by atoms with Gasteiger partial charge in [-0.25, -0.2) is 0 Å². The zero-order chi connectivity index (χ0) is 14.8. The molecule has 0 aromatic carbocycles. The summed E-state index contributed by atoms with van der Waals surface area (Å²) in [6.07, 6.45) is 36.0. The Hall–Kier alpha value is 0.649. The summed E-state index contributed by atoms with van der Waals surface area (Å²) < 4.78 is 0. The van der Waals surface area contributed by atoms with Crippen LogP contribution >= 0.6 is 0 Å². The Balaban J connectivity index is 0.000000302. The molecule has 0 amide bonds. The van der Waals surface area contributed by atoms with E-state index in [2.05, 4.69) is 25.7 Å². The van der Waals surface area contributed by atoms with E-state index in [-0.39, 0.29) is 20.1 Å². The van der Waals surface area contributed by atoms with Crippen LogP contribution in [0.5, 0.6) is 0 Å². The van der Waals surface area contributed by atoms with Gasteiger partial charge in [-0.2, -0.15) is 0 Å². The van der Waals surface area contributed by atoms with Gasteiger partial charge >= 0.3 is 0 Å². The molecule has 0 unspecified atom stereocenters. The topological polar surface area (TPSA) is 0 Å². The quantitative estimate of drug-likeness (QED) is 0.373. The maximum Gasteiger partial charge on any atom is 0 e. The van der Waals surface area contributed by atoms with Gasteiger partial charge < -0.3 is 0 Å². The van der Waals surface area contributed by atoms with E-state index >= 15 is 0 Å².